The quantitative estimate of drug-likeness (QED) is 0.772. The highest BCUT2D eigenvalue weighted by molar-refractivity contribution is 5.17. The summed E-state index contributed by atoms with van der Waals surface area (Å²) in [4.78, 5) is 0. The van der Waals surface area contributed by atoms with Gasteiger partial charge in [-0.05, 0) is 26.3 Å². The lowest BCUT2D eigenvalue weighted by molar-refractivity contribution is 0.0244. The second-order valence-electron chi connectivity index (χ2n) is 3.90. The van der Waals surface area contributed by atoms with Crippen molar-refractivity contribution < 1.29 is 9.15 Å². The molecule has 1 atom stereocenters. The summed E-state index contributed by atoms with van der Waals surface area (Å²) < 4.78 is 11.0. The molecule has 0 saturated carbocycles. The number of rotatable bonds is 5. The molecule has 6 heteroatoms. The van der Waals surface area contributed by atoms with Gasteiger partial charge in [-0.1, -0.05) is 5.10 Å². The molecule has 1 unspecified atom stereocenters. The molecule has 0 aromatic carbocycles. The molecule has 90 valence electrons. The fourth-order valence-electron chi connectivity index (χ4n) is 1.72. The first-order chi connectivity index (χ1) is 7.88. The highest BCUT2D eigenvalue weighted by Crippen LogP contribution is 2.13. The van der Waals surface area contributed by atoms with E-state index in [-0.39, 0.29) is 6.10 Å². The van der Waals surface area contributed by atoms with E-state index in [0.29, 0.717) is 18.5 Å². The number of aromatic nitrogens is 2. The molecule has 0 bridgehead atoms. The van der Waals surface area contributed by atoms with Crippen molar-refractivity contribution in [1.29, 1.82) is 0 Å². The van der Waals surface area contributed by atoms with E-state index in [4.69, 9.17) is 9.15 Å². The van der Waals surface area contributed by atoms with Crippen LogP contribution in [0.5, 0.6) is 0 Å². The summed E-state index contributed by atoms with van der Waals surface area (Å²) in [6.07, 6.45) is 3.78. The molecule has 0 aliphatic carbocycles. The van der Waals surface area contributed by atoms with E-state index < -0.39 is 0 Å². The predicted molar refractivity (Wildman–Crippen MR) is 59.1 cm³/mol. The number of hydrogen-bond donors (Lipinski definition) is 2. The monoisotopic (exact) mass is 226 g/mol. The fourth-order valence-corrected chi connectivity index (χ4v) is 1.72. The van der Waals surface area contributed by atoms with Gasteiger partial charge < -0.3 is 19.8 Å². The maximum absolute atomic E-state index is 5.59. The van der Waals surface area contributed by atoms with Crippen LogP contribution in [0.4, 0.5) is 6.01 Å². The summed E-state index contributed by atoms with van der Waals surface area (Å²) in [7, 11) is 1.84. The third-order valence-corrected chi connectivity index (χ3v) is 2.55. The number of ether oxygens (including phenoxy) is 1. The van der Waals surface area contributed by atoms with Crippen LogP contribution in [0.15, 0.2) is 4.42 Å². The van der Waals surface area contributed by atoms with Crippen molar-refractivity contribution in [1.82, 2.24) is 15.5 Å². The maximum atomic E-state index is 5.59. The lowest BCUT2D eigenvalue weighted by Crippen LogP contribution is -2.27. The molecule has 1 aromatic heterocycles. The first-order valence-corrected chi connectivity index (χ1v) is 5.71. The zero-order chi connectivity index (χ0) is 11.2. The van der Waals surface area contributed by atoms with Crippen LogP contribution in [0.25, 0.3) is 0 Å². The van der Waals surface area contributed by atoms with Gasteiger partial charge in [0.1, 0.15) is 0 Å². The summed E-state index contributed by atoms with van der Waals surface area (Å²) in [6.45, 7) is 2.19. The van der Waals surface area contributed by atoms with E-state index in [1.807, 2.05) is 7.05 Å². The summed E-state index contributed by atoms with van der Waals surface area (Å²) in [5, 5.41) is 13.8. The first kappa shape index (κ1) is 11.3. The van der Waals surface area contributed by atoms with Gasteiger partial charge in [-0.15, -0.1) is 5.10 Å². The molecule has 16 heavy (non-hydrogen) atoms. The topological polar surface area (TPSA) is 72.2 Å². The molecule has 0 radical (unpaired) electrons. The standard InChI is InChI=1S/C10H18N4O2/c1-11-7-9-13-14-10(16-9)12-6-8-4-2-3-5-15-8/h8,11H,2-7H2,1H3,(H,12,14). The van der Waals surface area contributed by atoms with Crippen molar-refractivity contribution in [2.45, 2.75) is 31.9 Å². The number of hydrogen-bond acceptors (Lipinski definition) is 6. The fraction of sp³-hybridized carbons (Fsp3) is 0.800. The summed E-state index contributed by atoms with van der Waals surface area (Å²) in [6, 6.07) is 0.472. The van der Waals surface area contributed by atoms with Gasteiger partial charge in [-0.2, -0.15) is 0 Å². The Balaban J connectivity index is 1.75. The van der Waals surface area contributed by atoms with Crippen molar-refractivity contribution in [2.24, 2.45) is 0 Å². The van der Waals surface area contributed by atoms with Crippen LogP contribution in [-0.2, 0) is 11.3 Å². The minimum absolute atomic E-state index is 0.272. The lowest BCUT2D eigenvalue weighted by atomic mass is 10.1. The zero-order valence-electron chi connectivity index (χ0n) is 9.53. The predicted octanol–water partition coefficient (Wildman–Crippen LogP) is 0.770. The number of nitrogens with zero attached hydrogens (tertiary/aromatic N) is 2. The van der Waals surface area contributed by atoms with Crippen LogP contribution in [0.3, 0.4) is 0 Å². The molecule has 0 spiro atoms. The minimum Gasteiger partial charge on any atom is -0.407 e. The molecule has 1 fully saturated rings. The Morgan fingerprint density at radius 1 is 1.38 bits per heavy atom. The molecule has 1 aliphatic rings. The highest BCUT2D eigenvalue weighted by atomic mass is 16.5. The van der Waals surface area contributed by atoms with Gasteiger partial charge in [0.2, 0.25) is 5.89 Å². The van der Waals surface area contributed by atoms with Crippen LogP contribution >= 0.6 is 0 Å². The SMILES string of the molecule is CNCc1nnc(NCC2CCCCO2)o1. The number of anilines is 1. The largest absolute Gasteiger partial charge is 0.407 e. The second kappa shape index (κ2) is 5.81. The van der Waals surface area contributed by atoms with Gasteiger partial charge in [-0.3, -0.25) is 0 Å². The molecule has 6 nitrogen and oxygen atoms in total. The van der Waals surface area contributed by atoms with Crippen LogP contribution in [0, 0.1) is 0 Å². The molecule has 1 saturated heterocycles. The summed E-state index contributed by atoms with van der Waals surface area (Å²) in [5.74, 6) is 0.592. The molecule has 0 amide bonds. The lowest BCUT2D eigenvalue weighted by Gasteiger charge is -2.22. The maximum Gasteiger partial charge on any atom is 0.315 e. The first-order valence-electron chi connectivity index (χ1n) is 5.71. The van der Waals surface area contributed by atoms with Crippen molar-refractivity contribution in [3.8, 4) is 0 Å². The van der Waals surface area contributed by atoms with E-state index in [1.165, 1.54) is 12.8 Å². The minimum atomic E-state index is 0.272. The van der Waals surface area contributed by atoms with Crippen molar-refractivity contribution in [2.75, 3.05) is 25.5 Å². The van der Waals surface area contributed by atoms with Crippen LogP contribution in [-0.4, -0.2) is 36.5 Å². The Labute approximate surface area is 94.8 Å². The Kier molecular flexibility index (Phi) is 4.12. The van der Waals surface area contributed by atoms with E-state index in [2.05, 4.69) is 20.8 Å². The Hall–Kier alpha value is -1.14. The van der Waals surface area contributed by atoms with Crippen molar-refractivity contribution in [3.05, 3.63) is 5.89 Å². The van der Waals surface area contributed by atoms with Crippen molar-refractivity contribution in [3.63, 3.8) is 0 Å². The smallest absolute Gasteiger partial charge is 0.315 e. The Morgan fingerprint density at radius 2 is 2.31 bits per heavy atom. The summed E-state index contributed by atoms with van der Waals surface area (Å²) >= 11 is 0. The Morgan fingerprint density at radius 3 is 3.06 bits per heavy atom. The van der Waals surface area contributed by atoms with E-state index >= 15 is 0 Å². The van der Waals surface area contributed by atoms with Gasteiger partial charge in [0.05, 0.1) is 12.6 Å². The number of nitrogens with one attached hydrogen (secondary N) is 2. The van der Waals surface area contributed by atoms with Gasteiger partial charge in [0.25, 0.3) is 0 Å². The van der Waals surface area contributed by atoms with Crippen molar-refractivity contribution >= 4 is 6.01 Å². The van der Waals surface area contributed by atoms with Crippen LogP contribution in [0.1, 0.15) is 25.2 Å². The zero-order valence-corrected chi connectivity index (χ0v) is 9.53. The van der Waals surface area contributed by atoms with Crippen LogP contribution < -0.4 is 10.6 Å². The van der Waals surface area contributed by atoms with E-state index in [9.17, 15) is 0 Å². The Bertz CT molecular complexity index is 310. The normalized spacial score (nSPS) is 20.9. The van der Waals surface area contributed by atoms with Crippen LogP contribution in [0.2, 0.25) is 0 Å². The molecule has 2 heterocycles. The third kappa shape index (κ3) is 3.18. The third-order valence-electron chi connectivity index (χ3n) is 2.55. The molecule has 2 N–H and O–H groups in total. The average Bonchev–Trinajstić information content (AvgIpc) is 2.76. The van der Waals surface area contributed by atoms with Gasteiger partial charge >= 0.3 is 6.01 Å². The molecule has 1 aliphatic heterocycles. The highest BCUT2D eigenvalue weighted by Gasteiger charge is 2.14. The average molecular weight is 226 g/mol. The molecule has 2 rings (SSSR count). The van der Waals surface area contributed by atoms with E-state index in [0.717, 1.165) is 19.6 Å². The van der Waals surface area contributed by atoms with Gasteiger partial charge in [0.15, 0.2) is 0 Å². The molecular weight excluding hydrogens is 208 g/mol. The summed E-state index contributed by atoms with van der Waals surface area (Å²) in [5.41, 5.74) is 0. The van der Waals surface area contributed by atoms with Gasteiger partial charge in [-0.25, -0.2) is 0 Å². The second-order valence-corrected chi connectivity index (χ2v) is 3.90. The molecule has 1 aromatic rings. The van der Waals surface area contributed by atoms with Gasteiger partial charge in [0, 0.05) is 13.2 Å². The molecular formula is C10H18N4O2. The van der Waals surface area contributed by atoms with E-state index in [1.54, 1.807) is 0 Å².